The summed E-state index contributed by atoms with van der Waals surface area (Å²) in [4.78, 5) is 6.05. The average Bonchev–Trinajstić information content (AvgIpc) is 2.80. The van der Waals surface area contributed by atoms with Crippen molar-refractivity contribution in [1.29, 1.82) is 0 Å². The lowest BCUT2D eigenvalue weighted by Crippen LogP contribution is -2.21. The van der Waals surface area contributed by atoms with Gasteiger partial charge >= 0.3 is 0 Å². The highest BCUT2D eigenvalue weighted by Gasteiger charge is 2.11. The summed E-state index contributed by atoms with van der Waals surface area (Å²) in [5.74, 6) is 0. The molecule has 0 fully saturated rings. The molecule has 0 saturated heterocycles. The third kappa shape index (κ3) is 3.18. The van der Waals surface area contributed by atoms with Gasteiger partial charge in [-0.15, -0.1) is 11.3 Å². The van der Waals surface area contributed by atoms with Crippen LogP contribution in [-0.4, -0.2) is 11.0 Å². The monoisotopic (exact) mass is 260 g/mol. The molecule has 2 nitrogen and oxygen atoms in total. The topological polar surface area (TPSA) is 24.9 Å². The number of hydrogen-bond donors (Lipinski definition) is 1. The molecule has 3 heteroatoms. The number of nitrogens with one attached hydrogen (secondary N) is 1. The summed E-state index contributed by atoms with van der Waals surface area (Å²) >= 11 is 1.81. The van der Waals surface area contributed by atoms with Crippen LogP contribution in [-0.2, 0) is 13.0 Å². The molecule has 96 valence electrons. The van der Waals surface area contributed by atoms with E-state index in [2.05, 4.69) is 56.4 Å². The number of hydrogen-bond acceptors (Lipinski definition) is 3. The molecule has 0 radical (unpaired) electrons. The van der Waals surface area contributed by atoms with Crippen molar-refractivity contribution in [2.75, 3.05) is 0 Å². The predicted molar refractivity (Wildman–Crippen MR) is 78.9 cm³/mol. The minimum Gasteiger partial charge on any atom is -0.308 e. The second-order valence-electron chi connectivity index (χ2n) is 4.64. The summed E-state index contributed by atoms with van der Waals surface area (Å²) in [6.07, 6.45) is 0.988. The van der Waals surface area contributed by atoms with E-state index in [1.807, 2.05) is 0 Å². The Morgan fingerprint density at radius 3 is 2.56 bits per heavy atom. The van der Waals surface area contributed by atoms with Crippen molar-refractivity contribution in [3.8, 4) is 10.4 Å². The van der Waals surface area contributed by atoms with E-state index in [-0.39, 0.29) is 0 Å². The van der Waals surface area contributed by atoms with Gasteiger partial charge in [0.05, 0.1) is 10.6 Å². The van der Waals surface area contributed by atoms with Gasteiger partial charge in [0.25, 0.3) is 0 Å². The number of aryl methyl sites for hydroxylation is 1. The normalized spacial score (nSPS) is 11.1. The van der Waals surface area contributed by atoms with Crippen LogP contribution in [0.4, 0.5) is 0 Å². The highest BCUT2D eigenvalue weighted by atomic mass is 32.1. The van der Waals surface area contributed by atoms with Gasteiger partial charge in [0.1, 0.15) is 5.01 Å². The standard InChI is InChI=1S/C15H20N2S/c1-4-13-15(12-8-6-5-7-9-12)18-14(17-13)10-16-11(2)3/h5-9,11,16H,4,10H2,1-3H3. The number of rotatable bonds is 5. The highest BCUT2D eigenvalue weighted by Crippen LogP contribution is 2.30. The largest absolute Gasteiger partial charge is 0.308 e. The van der Waals surface area contributed by atoms with E-state index >= 15 is 0 Å². The molecule has 0 aliphatic carbocycles. The fourth-order valence-electron chi connectivity index (χ4n) is 1.82. The maximum absolute atomic E-state index is 4.73. The third-order valence-corrected chi connectivity index (χ3v) is 3.92. The number of aromatic nitrogens is 1. The van der Waals surface area contributed by atoms with Crippen LogP contribution in [0.25, 0.3) is 10.4 Å². The first-order valence-electron chi connectivity index (χ1n) is 6.48. The lowest BCUT2D eigenvalue weighted by Gasteiger charge is -2.04. The highest BCUT2D eigenvalue weighted by molar-refractivity contribution is 7.15. The molecule has 0 unspecified atom stereocenters. The SMILES string of the molecule is CCc1nc(CNC(C)C)sc1-c1ccccc1. The molecule has 1 aromatic heterocycles. The van der Waals surface area contributed by atoms with Crippen LogP contribution in [0.3, 0.4) is 0 Å². The zero-order valence-corrected chi connectivity index (χ0v) is 12.1. The van der Waals surface area contributed by atoms with Crippen LogP contribution in [0.15, 0.2) is 30.3 Å². The molecule has 0 bridgehead atoms. The average molecular weight is 260 g/mol. The minimum atomic E-state index is 0.499. The second kappa shape index (κ2) is 6.12. The molecule has 1 aromatic carbocycles. The Kier molecular flexibility index (Phi) is 4.50. The fourth-order valence-corrected chi connectivity index (χ4v) is 2.93. The summed E-state index contributed by atoms with van der Waals surface area (Å²) in [5, 5.41) is 4.61. The van der Waals surface area contributed by atoms with Crippen LogP contribution in [0, 0.1) is 0 Å². The van der Waals surface area contributed by atoms with Crippen LogP contribution in [0.5, 0.6) is 0 Å². The van der Waals surface area contributed by atoms with Crippen molar-refractivity contribution in [2.24, 2.45) is 0 Å². The predicted octanol–water partition coefficient (Wildman–Crippen LogP) is 3.87. The van der Waals surface area contributed by atoms with Crippen LogP contribution in [0.2, 0.25) is 0 Å². The molecule has 1 heterocycles. The Labute approximate surface area is 113 Å². The molecular weight excluding hydrogens is 240 g/mol. The molecule has 2 rings (SSSR count). The first-order valence-corrected chi connectivity index (χ1v) is 7.29. The van der Waals surface area contributed by atoms with Crippen molar-refractivity contribution in [3.63, 3.8) is 0 Å². The van der Waals surface area contributed by atoms with Gasteiger partial charge in [0.2, 0.25) is 0 Å². The van der Waals surface area contributed by atoms with Crippen LogP contribution in [0.1, 0.15) is 31.5 Å². The lowest BCUT2D eigenvalue weighted by molar-refractivity contribution is 0.586. The van der Waals surface area contributed by atoms with Gasteiger partial charge < -0.3 is 5.32 Å². The molecule has 0 atom stereocenters. The van der Waals surface area contributed by atoms with E-state index in [4.69, 9.17) is 4.98 Å². The Bertz CT molecular complexity index is 488. The molecule has 0 spiro atoms. The van der Waals surface area contributed by atoms with E-state index in [9.17, 15) is 0 Å². The van der Waals surface area contributed by atoms with Gasteiger partial charge in [-0.05, 0) is 12.0 Å². The molecule has 1 N–H and O–H groups in total. The Balaban J connectivity index is 2.25. The molecule has 2 aromatic rings. The van der Waals surface area contributed by atoms with Crippen molar-refractivity contribution in [3.05, 3.63) is 41.0 Å². The maximum Gasteiger partial charge on any atom is 0.107 e. The number of benzene rings is 1. The van der Waals surface area contributed by atoms with Gasteiger partial charge in [-0.25, -0.2) is 4.98 Å². The second-order valence-corrected chi connectivity index (χ2v) is 5.72. The fraction of sp³-hybridized carbons (Fsp3) is 0.400. The summed E-state index contributed by atoms with van der Waals surface area (Å²) < 4.78 is 0. The first kappa shape index (κ1) is 13.2. The Hall–Kier alpha value is -1.19. The zero-order valence-electron chi connectivity index (χ0n) is 11.2. The molecule has 0 aliphatic rings. The number of nitrogens with zero attached hydrogens (tertiary/aromatic N) is 1. The van der Waals surface area contributed by atoms with Crippen molar-refractivity contribution >= 4 is 11.3 Å². The number of thiazole rings is 1. The van der Waals surface area contributed by atoms with Crippen molar-refractivity contribution in [2.45, 2.75) is 39.8 Å². The van der Waals surface area contributed by atoms with Crippen molar-refractivity contribution in [1.82, 2.24) is 10.3 Å². The Morgan fingerprint density at radius 1 is 1.22 bits per heavy atom. The molecule has 0 aliphatic heterocycles. The van der Waals surface area contributed by atoms with Gasteiger partial charge in [0, 0.05) is 12.6 Å². The van der Waals surface area contributed by atoms with Gasteiger partial charge in [0.15, 0.2) is 0 Å². The maximum atomic E-state index is 4.73. The van der Waals surface area contributed by atoms with Gasteiger partial charge in [-0.1, -0.05) is 51.1 Å². The third-order valence-electron chi connectivity index (χ3n) is 2.77. The van der Waals surface area contributed by atoms with E-state index in [1.165, 1.54) is 21.1 Å². The lowest BCUT2D eigenvalue weighted by atomic mass is 10.1. The molecule has 0 saturated carbocycles. The van der Waals surface area contributed by atoms with Crippen LogP contribution < -0.4 is 5.32 Å². The van der Waals surface area contributed by atoms with Crippen LogP contribution >= 0.6 is 11.3 Å². The summed E-state index contributed by atoms with van der Waals surface area (Å²) in [7, 11) is 0. The van der Waals surface area contributed by atoms with Crippen molar-refractivity contribution < 1.29 is 0 Å². The Morgan fingerprint density at radius 2 is 1.94 bits per heavy atom. The summed E-state index contributed by atoms with van der Waals surface area (Å²) in [6, 6.07) is 11.0. The first-order chi connectivity index (χ1) is 8.70. The van der Waals surface area contributed by atoms with E-state index in [1.54, 1.807) is 11.3 Å². The summed E-state index contributed by atoms with van der Waals surface area (Å²) in [6.45, 7) is 7.35. The van der Waals surface area contributed by atoms with Gasteiger partial charge in [-0.3, -0.25) is 0 Å². The van der Waals surface area contributed by atoms with E-state index in [0.717, 1.165) is 13.0 Å². The van der Waals surface area contributed by atoms with E-state index in [0.29, 0.717) is 6.04 Å². The molecular formula is C15H20N2S. The molecule has 18 heavy (non-hydrogen) atoms. The summed E-state index contributed by atoms with van der Waals surface area (Å²) in [5.41, 5.74) is 2.49. The zero-order chi connectivity index (χ0) is 13.0. The van der Waals surface area contributed by atoms with E-state index < -0.39 is 0 Å². The minimum absolute atomic E-state index is 0.499. The smallest absolute Gasteiger partial charge is 0.107 e. The quantitative estimate of drug-likeness (QED) is 0.882. The molecule has 0 amide bonds. The van der Waals surface area contributed by atoms with Gasteiger partial charge in [-0.2, -0.15) is 0 Å².